The van der Waals surface area contributed by atoms with E-state index in [9.17, 15) is 4.79 Å². The highest BCUT2D eigenvalue weighted by Crippen LogP contribution is 2.50. The standard InChI is InChI=1S/C18H22O4/c1-11(19)22-16-13-10-8-7-9-12(13)15(20-5)14(17(16)21-6)18(2,3)4/h7-10H,1-6H3. The van der Waals surface area contributed by atoms with Crippen molar-refractivity contribution < 1.29 is 19.0 Å². The molecule has 0 saturated carbocycles. The van der Waals surface area contributed by atoms with Gasteiger partial charge in [0.2, 0.25) is 0 Å². The first-order valence-electron chi connectivity index (χ1n) is 7.16. The van der Waals surface area contributed by atoms with Crippen LogP contribution in [0, 0.1) is 0 Å². The highest BCUT2D eigenvalue weighted by atomic mass is 16.6. The van der Waals surface area contributed by atoms with Crippen LogP contribution in [0.3, 0.4) is 0 Å². The third-order valence-electron chi connectivity index (χ3n) is 3.48. The summed E-state index contributed by atoms with van der Waals surface area (Å²) in [7, 11) is 3.22. The summed E-state index contributed by atoms with van der Waals surface area (Å²) in [6, 6.07) is 7.67. The lowest BCUT2D eigenvalue weighted by Gasteiger charge is -2.27. The van der Waals surface area contributed by atoms with Crippen LogP contribution >= 0.6 is 0 Å². The van der Waals surface area contributed by atoms with E-state index in [4.69, 9.17) is 14.2 Å². The van der Waals surface area contributed by atoms with Crippen LogP contribution < -0.4 is 14.2 Å². The molecule has 0 bridgehead atoms. The van der Waals surface area contributed by atoms with Crippen molar-refractivity contribution in [3.8, 4) is 17.2 Å². The maximum Gasteiger partial charge on any atom is 0.308 e. The van der Waals surface area contributed by atoms with Gasteiger partial charge in [0.1, 0.15) is 5.75 Å². The summed E-state index contributed by atoms with van der Waals surface area (Å²) in [5, 5.41) is 1.69. The zero-order valence-corrected chi connectivity index (χ0v) is 13.9. The minimum atomic E-state index is -0.381. The molecule has 0 aromatic heterocycles. The third kappa shape index (κ3) is 2.73. The van der Waals surface area contributed by atoms with E-state index in [1.807, 2.05) is 24.3 Å². The lowest BCUT2D eigenvalue weighted by molar-refractivity contribution is -0.131. The van der Waals surface area contributed by atoms with E-state index < -0.39 is 0 Å². The highest BCUT2D eigenvalue weighted by molar-refractivity contribution is 5.99. The van der Waals surface area contributed by atoms with Crippen molar-refractivity contribution in [2.24, 2.45) is 0 Å². The van der Waals surface area contributed by atoms with Crippen molar-refractivity contribution in [3.63, 3.8) is 0 Å². The van der Waals surface area contributed by atoms with Crippen LogP contribution in [0.5, 0.6) is 17.2 Å². The number of carbonyl (C=O) groups is 1. The fourth-order valence-corrected chi connectivity index (χ4v) is 2.69. The smallest absolute Gasteiger partial charge is 0.308 e. The molecule has 0 amide bonds. The molecular formula is C18H22O4. The first-order valence-corrected chi connectivity index (χ1v) is 7.16. The number of benzene rings is 2. The Balaban J connectivity index is 3.00. The van der Waals surface area contributed by atoms with Crippen LogP contribution in [0.1, 0.15) is 33.3 Å². The van der Waals surface area contributed by atoms with Gasteiger partial charge in [-0.25, -0.2) is 0 Å². The normalized spacial score (nSPS) is 11.4. The number of esters is 1. The Kier molecular flexibility index (Phi) is 4.31. The van der Waals surface area contributed by atoms with E-state index >= 15 is 0 Å². The van der Waals surface area contributed by atoms with E-state index in [2.05, 4.69) is 20.8 Å². The van der Waals surface area contributed by atoms with Crippen molar-refractivity contribution >= 4 is 16.7 Å². The molecule has 0 aliphatic rings. The molecule has 4 nitrogen and oxygen atoms in total. The fraction of sp³-hybridized carbons (Fsp3) is 0.389. The second-order valence-electron chi connectivity index (χ2n) is 6.16. The van der Waals surface area contributed by atoms with Gasteiger partial charge in [0.25, 0.3) is 0 Å². The van der Waals surface area contributed by atoms with Gasteiger partial charge in [0, 0.05) is 23.3 Å². The van der Waals surface area contributed by atoms with Gasteiger partial charge in [-0.3, -0.25) is 4.79 Å². The molecular weight excluding hydrogens is 280 g/mol. The van der Waals surface area contributed by atoms with Crippen LogP contribution in [0.25, 0.3) is 10.8 Å². The first-order chi connectivity index (χ1) is 10.3. The summed E-state index contributed by atoms with van der Waals surface area (Å²) in [5.41, 5.74) is 0.641. The van der Waals surface area contributed by atoms with E-state index in [-0.39, 0.29) is 11.4 Å². The molecule has 0 aliphatic heterocycles. The van der Waals surface area contributed by atoms with Crippen molar-refractivity contribution in [1.29, 1.82) is 0 Å². The predicted molar refractivity (Wildman–Crippen MR) is 87.1 cm³/mol. The zero-order valence-electron chi connectivity index (χ0n) is 13.9. The van der Waals surface area contributed by atoms with E-state index in [0.717, 1.165) is 22.1 Å². The molecule has 0 unspecified atom stereocenters. The molecule has 2 aromatic rings. The Bertz CT molecular complexity index is 711. The van der Waals surface area contributed by atoms with Gasteiger partial charge in [-0.1, -0.05) is 45.0 Å². The lowest BCUT2D eigenvalue weighted by Crippen LogP contribution is -2.16. The van der Waals surface area contributed by atoms with Crippen LogP contribution in [0.2, 0.25) is 0 Å². The molecule has 0 spiro atoms. The van der Waals surface area contributed by atoms with Gasteiger partial charge in [-0.05, 0) is 5.41 Å². The Labute approximate surface area is 131 Å². The summed E-state index contributed by atoms with van der Waals surface area (Å²) in [6.45, 7) is 7.59. The van der Waals surface area contributed by atoms with E-state index in [1.165, 1.54) is 6.92 Å². The largest absolute Gasteiger partial charge is 0.496 e. The second-order valence-corrected chi connectivity index (χ2v) is 6.16. The SMILES string of the molecule is COc1c(C(C)(C)C)c(OC)c2ccccc2c1OC(C)=O. The zero-order chi connectivity index (χ0) is 16.5. The molecule has 0 saturated heterocycles. The van der Waals surface area contributed by atoms with Gasteiger partial charge in [-0.2, -0.15) is 0 Å². The molecule has 0 N–H and O–H groups in total. The highest BCUT2D eigenvalue weighted by Gasteiger charge is 2.30. The minimum Gasteiger partial charge on any atom is -0.496 e. The minimum absolute atomic E-state index is 0.240. The van der Waals surface area contributed by atoms with Gasteiger partial charge in [0.05, 0.1) is 14.2 Å². The van der Waals surface area contributed by atoms with Crippen LogP contribution in [-0.2, 0) is 10.2 Å². The lowest BCUT2D eigenvalue weighted by atomic mass is 9.83. The monoisotopic (exact) mass is 302 g/mol. The molecule has 2 aromatic carbocycles. The van der Waals surface area contributed by atoms with Gasteiger partial charge < -0.3 is 14.2 Å². The summed E-state index contributed by atoms with van der Waals surface area (Å²) in [4.78, 5) is 11.5. The van der Waals surface area contributed by atoms with Crippen LogP contribution in [0.15, 0.2) is 24.3 Å². The number of hydrogen-bond donors (Lipinski definition) is 0. The quantitative estimate of drug-likeness (QED) is 0.633. The molecule has 0 heterocycles. The first kappa shape index (κ1) is 16.1. The molecule has 22 heavy (non-hydrogen) atoms. The summed E-state index contributed by atoms with van der Waals surface area (Å²) < 4.78 is 16.7. The summed E-state index contributed by atoms with van der Waals surface area (Å²) in [5.74, 6) is 1.35. The third-order valence-corrected chi connectivity index (χ3v) is 3.48. The molecule has 0 radical (unpaired) electrons. The van der Waals surface area contributed by atoms with Crippen molar-refractivity contribution in [3.05, 3.63) is 29.8 Å². The Hall–Kier alpha value is -2.23. The van der Waals surface area contributed by atoms with Gasteiger partial charge in [0.15, 0.2) is 11.5 Å². The molecule has 2 rings (SSSR count). The topological polar surface area (TPSA) is 44.8 Å². The Morgan fingerprint density at radius 3 is 1.82 bits per heavy atom. The van der Waals surface area contributed by atoms with E-state index in [0.29, 0.717) is 11.5 Å². The maximum atomic E-state index is 11.5. The second kappa shape index (κ2) is 5.87. The predicted octanol–water partition coefficient (Wildman–Crippen LogP) is 4.08. The number of hydrogen-bond acceptors (Lipinski definition) is 4. The van der Waals surface area contributed by atoms with Crippen molar-refractivity contribution in [2.75, 3.05) is 14.2 Å². The van der Waals surface area contributed by atoms with E-state index in [1.54, 1.807) is 14.2 Å². The molecule has 4 heteroatoms. The molecule has 0 aliphatic carbocycles. The van der Waals surface area contributed by atoms with Gasteiger partial charge >= 0.3 is 5.97 Å². The van der Waals surface area contributed by atoms with Crippen LogP contribution in [0.4, 0.5) is 0 Å². The summed E-state index contributed by atoms with van der Waals surface area (Å²) >= 11 is 0. The number of carbonyl (C=O) groups excluding carboxylic acids is 1. The van der Waals surface area contributed by atoms with Crippen LogP contribution in [-0.4, -0.2) is 20.2 Å². The Morgan fingerprint density at radius 1 is 0.909 bits per heavy atom. The van der Waals surface area contributed by atoms with Crippen molar-refractivity contribution in [1.82, 2.24) is 0 Å². The summed E-state index contributed by atoms with van der Waals surface area (Å²) in [6.07, 6.45) is 0. The number of methoxy groups -OCH3 is 2. The van der Waals surface area contributed by atoms with Gasteiger partial charge in [-0.15, -0.1) is 0 Å². The number of ether oxygens (including phenoxy) is 3. The Morgan fingerprint density at radius 2 is 1.41 bits per heavy atom. The number of fused-ring (bicyclic) bond motifs is 1. The molecule has 118 valence electrons. The average molecular weight is 302 g/mol. The number of rotatable bonds is 3. The molecule has 0 fully saturated rings. The maximum absolute atomic E-state index is 11.5. The average Bonchev–Trinajstić information content (AvgIpc) is 2.45. The fourth-order valence-electron chi connectivity index (χ4n) is 2.69. The molecule has 0 atom stereocenters. The van der Waals surface area contributed by atoms with Crippen molar-refractivity contribution in [2.45, 2.75) is 33.1 Å².